The number of rotatable bonds is 49. The summed E-state index contributed by atoms with van der Waals surface area (Å²) in [5.74, 6) is -0.237. The van der Waals surface area contributed by atoms with Gasteiger partial charge >= 0.3 is 7.82 Å². The summed E-state index contributed by atoms with van der Waals surface area (Å²) in [4.78, 5) is 23.2. The van der Waals surface area contributed by atoms with Crippen LogP contribution in [-0.2, 0) is 18.4 Å². The number of aliphatic hydroxyl groups is 1. The smallest absolute Gasteiger partial charge is 0.387 e. The van der Waals surface area contributed by atoms with Crippen molar-refractivity contribution in [2.24, 2.45) is 0 Å². The normalized spacial score (nSPS) is 14.8. The van der Waals surface area contributed by atoms with Crippen molar-refractivity contribution in [3.05, 3.63) is 97.2 Å². The molecule has 3 atom stereocenters. The Morgan fingerprint density at radius 1 is 0.515 bits per heavy atom. The largest absolute Gasteiger partial charge is 0.472 e. The third-order valence-corrected chi connectivity index (χ3v) is 12.8. The lowest BCUT2D eigenvalue weighted by Crippen LogP contribution is -2.45. The highest BCUT2D eigenvalue weighted by Crippen LogP contribution is 2.43. The van der Waals surface area contributed by atoms with Crippen LogP contribution in [-0.4, -0.2) is 73.4 Å². The summed E-state index contributed by atoms with van der Waals surface area (Å²) in [6, 6.07) is -0.885. The minimum atomic E-state index is -4.37. The molecule has 392 valence electrons. The molecule has 0 rings (SSSR count). The first-order chi connectivity index (χ1) is 33.0. The molecule has 0 heterocycles. The summed E-state index contributed by atoms with van der Waals surface area (Å²) < 4.78 is 23.7. The molecule has 0 aliphatic heterocycles. The van der Waals surface area contributed by atoms with E-state index in [2.05, 4.69) is 104 Å². The fourth-order valence-corrected chi connectivity index (χ4v) is 8.24. The number of phosphoric ester groups is 1. The standard InChI is InChI=1S/C59H105N2O6P/c1-6-8-10-12-14-16-18-20-22-24-26-28-30-32-34-36-38-40-42-44-46-48-50-52-58(62)57(56-67-68(64,65)66-55-54-61(3,4)5)60-59(63)53-51-49-47-45-43-41-39-37-35-33-31-29-27-25-23-21-19-17-15-13-11-9-7-2/h9,11,15,17,21,23,27,29,33,35,39,41,45,47,50,52,57-58,62H,6-8,10,12-14,16,18-20,22,24-26,28,30-32,34,36-38,40,42-44,46,48-49,51,53-56H2,1-5H3,(H-,60,63,64,65)/p+1/b11-9-,17-15-,23-21-,29-27-,35-33-,41-39-,47-45-,52-50+. The van der Waals surface area contributed by atoms with Gasteiger partial charge in [0.05, 0.1) is 39.9 Å². The van der Waals surface area contributed by atoms with E-state index in [0.717, 1.165) is 70.6 Å². The number of unbranched alkanes of at least 4 members (excludes halogenated alkanes) is 22. The summed E-state index contributed by atoms with van der Waals surface area (Å²) >= 11 is 0. The number of carbonyl (C=O) groups is 1. The summed E-state index contributed by atoms with van der Waals surface area (Å²) in [5.41, 5.74) is 0. The van der Waals surface area contributed by atoms with Crippen LogP contribution >= 0.6 is 7.82 Å². The number of aliphatic hydroxyl groups excluding tert-OH is 1. The van der Waals surface area contributed by atoms with Crippen LogP contribution in [0.4, 0.5) is 0 Å². The van der Waals surface area contributed by atoms with Crippen molar-refractivity contribution in [3.8, 4) is 0 Å². The first kappa shape index (κ1) is 65.4. The van der Waals surface area contributed by atoms with Crippen LogP contribution in [0.25, 0.3) is 0 Å². The van der Waals surface area contributed by atoms with Crippen molar-refractivity contribution in [3.63, 3.8) is 0 Å². The van der Waals surface area contributed by atoms with E-state index in [-0.39, 0.29) is 25.5 Å². The number of hydrogen-bond acceptors (Lipinski definition) is 5. The maximum atomic E-state index is 12.9. The van der Waals surface area contributed by atoms with Crippen molar-refractivity contribution in [2.75, 3.05) is 40.9 Å². The SMILES string of the molecule is CC/C=C\C/C=C\C/C=C\C/C=C\C/C=C\C/C=C\C/C=C\CCCC(=O)NC(COP(=O)(O)OCC[N+](C)(C)C)C(O)/C=C/CCCCCCCCCCCCCCCCCCCCCCC. The number of quaternary nitrogens is 1. The van der Waals surface area contributed by atoms with Gasteiger partial charge in [-0.05, 0) is 70.6 Å². The lowest BCUT2D eigenvalue weighted by molar-refractivity contribution is -0.870. The van der Waals surface area contributed by atoms with Gasteiger partial charge in [-0.2, -0.15) is 0 Å². The van der Waals surface area contributed by atoms with Crippen molar-refractivity contribution in [1.29, 1.82) is 0 Å². The number of carbonyl (C=O) groups excluding carboxylic acids is 1. The lowest BCUT2D eigenvalue weighted by atomic mass is 10.0. The molecule has 9 heteroatoms. The minimum Gasteiger partial charge on any atom is -0.387 e. The second-order valence-electron chi connectivity index (χ2n) is 19.6. The predicted octanol–water partition coefficient (Wildman–Crippen LogP) is 16.6. The van der Waals surface area contributed by atoms with Crippen molar-refractivity contribution >= 4 is 13.7 Å². The first-order valence-electron chi connectivity index (χ1n) is 27.6. The molecule has 0 fully saturated rings. The number of phosphoric acid groups is 1. The molecule has 0 aliphatic rings. The van der Waals surface area contributed by atoms with Crippen molar-refractivity contribution in [2.45, 2.75) is 231 Å². The molecule has 1 amide bonds. The Labute approximate surface area is 419 Å². The van der Waals surface area contributed by atoms with Gasteiger partial charge in [0.1, 0.15) is 13.2 Å². The average Bonchev–Trinajstić information content (AvgIpc) is 3.30. The molecular weight excluding hydrogens is 864 g/mol. The van der Waals surface area contributed by atoms with E-state index < -0.39 is 20.0 Å². The molecule has 3 N–H and O–H groups in total. The number of likely N-dealkylation sites (N-methyl/N-ethyl adjacent to an activating group) is 1. The number of nitrogens with one attached hydrogen (secondary N) is 1. The second-order valence-corrected chi connectivity index (χ2v) is 21.0. The Kier molecular flexibility index (Phi) is 47.5. The summed E-state index contributed by atoms with van der Waals surface area (Å²) in [5, 5.41) is 13.9. The fourth-order valence-electron chi connectivity index (χ4n) is 7.50. The average molecular weight is 970 g/mol. The maximum absolute atomic E-state index is 12.9. The predicted molar refractivity (Wildman–Crippen MR) is 295 cm³/mol. The van der Waals surface area contributed by atoms with Crippen LogP contribution in [0.2, 0.25) is 0 Å². The summed E-state index contributed by atoms with van der Waals surface area (Å²) in [6.45, 7) is 4.66. The monoisotopic (exact) mass is 970 g/mol. The van der Waals surface area contributed by atoms with E-state index in [9.17, 15) is 19.4 Å². The van der Waals surface area contributed by atoms with E-state index in [0.29, 0.717) is 17.4 Å². The van der Waals surface area contributed by atoms with Gasteiger partial charge in [-0.15, -0.1) is 0 Å². The lowest BCUT2D eigenvalue weighted by Gasteiger charge is -2.25. The zero-order valence-corrected chi connectivity index (χ0v) is 45.5. The van der Waals surface area contributed by atoms with Gasteiger partial charge in [0.25, 0.3) is 0 Å². The zero-order chi connectivity index (χ0) is 49.9. The molecule has 0 aromatic carbocycles. The van der Waals surface area contributed by atoms with E-state index in [1.165, 1.54) is 122 Å². The van der Waals surface area contributed by atoms with E-state index in [1.54, 1.807) is 6.08 Å². The fraction of sp³-hybridized carbons (Fsp3) is 0.712. The molecule has 0 aromatic rings. The molecule has 0 radical (unpaired) electrons. The number of hydrogen-bond donors (Lipinski definition) is 3. The van der Waals surface area contributed by atoms with Gasteiger partial charge in [-0.3, -0.25) is 13.8 Å². The van der Waals surface area contributed by atoms with Crippen LogP contribution in [0, 0.1) is 0 Å². The minimum absolute atomic E-state index is 0.0455. The van der Waals surface area contributed by atoms with E-state index >= 15 is 0 Å². The molecule has 0 aromatic heterocycles. The molecule has 0 spiro atoms. The molecule has 8 nitrogen and oxygen atoms in total. The Morgan fingerprint density at radius 2 is 0.882 bits per heavy atom. The highest BCUT2D eigenvalue weighted by atomic mass is 31.2. The first-order valence-corrected chi connectivity index (χ1v) is 29.1. The van der Waals surface area contributed by atoms with Gasteiger partial charge in [-0.25, -0.2) is 4.57 Å². The number of allylic oxidation sites excluding steroid dienone is 15. The van der Waals surface area contributed by atoms with Gasteiger partial charge < -0.3 is 19.8 Å². The van der Waals surface area contributed by atoms with Gasteiger partial charge in [0.2, 0.25) is 5.91 Å². The van der Waals surface area contributed by atoms with E-state index in [1.807, 2.05) is 27.2 Å². The number of nitrogens with zero attached hydrogens (tertiary/aromatic N) is 1. The summed E-state index contributed by atoms with van der Waals surface area (Å²) in [6.07, 6.45) is 70.8. The highest BCUT2D eigenvalue weighted by Gasteiger charge is 2.27. The summed E-state index contributed by atoms with van der Waals surface area (Å²) in [7, 11) is 1.52. The van der Waals surface area contributed by atoms with Crippen molar-refractivity contribution < 1.29 is 32.9 Å². The molecule has 0 saturated heterocycles. The maximum Gasteiger partial charge on any atom is 0.472 e. The quantitative estimate of drug-likeness (QED) is 0.0243. The van der Waals surface area contributed by atoms with Crippen LogP contribution in [0.5, 0.6) is 0 Å². The topological polar surface area (TPSA) is 105 Å². The van der Waals surface area contributed by atoms with Gasteiger partial charge in [0.15, 0.2) is 0 Å². The Morgan fingerprint density at radius 3 is 1.28 bits per heavy atom. The molecule has 0 bridgehead atoms. The Balaban J connectivity index is 4.39. The molecule has 3 unspecified atom stereocenters. The second kappa shape index (κ2) is 49.4. The molecular formula is C59H106N2O6P+. The van der Waals surface area contributed by atoms with Gasteiger partial charge in [-0.1, -0.05) is 239 Å². The Hall–Kier alpha value is -2.58. The van der Waals surface area contributed by atoms with Crippen LogP contribution in [0.3, 0.4) is 0 Å². The zero-order valence-electron chi connectivity index (χ0n) is 44.6. The molecule has 0 saturated carbocycles. The van der Waals surface area contributed by atoms with Crippen LogP contribution in [0.1, 0.15) is 219 Å². The molecule has 0 aliphatic carbocycles. The third-order valence-electron chi connectivity index (χ3n) is 11.8. The molecule has 68 heavy (non-hydrogen) atoms. The highest BCUT2D eigenvalue weighted by molar-refractivity contribution is 7.47. The van der Waals surface area contributed by atoms with Crippen LogP contribution < -0.4 is 5.32 Å². The van der Waals surface area contributed by atoms with Crippen molar-refractivity contribution in [1.82, 2.24) is 5.32 Å². The number of amides is 1. The van der Waals surface area contributed by atoms with Crippen LogP contribution in [0.15, 0.2) is 97.2 Å². The third kappa shape index (κ3) is 51.3. The Bertz CT molecular complexity index is 1420. The van der Waals surface area contributed by atoms with Gasteiger partial charge in [0, 0.05) is 6.42 Å². The van der Waals surface area contributed by atoms with E-state index in [4.69, 9.17) is 9.05 Å².